The zero-order chi connectivity index (χ0) is 26.4. The maximum absolute atomic E-state index is 14.1. The standard InChI is InChI=1S/C29H34FN3O3S/c1-4-23-8-5-6-11-26(23)27-16-22(12-13-28(27)34)19-32-15-14-29(18-21(32)2)20-31(3)37(35,36)33(29)25-10-7-9-24(30)17-25/h5-13,16-17,21,34H,4,14-15,18-20H2,1-3H3. The second-order valence-corrected chi connectivity index (χ2v) is 12.3. The van der Waals surface area contributed by atoms with Crippen molar-refractivity contribution in [3.8, 4) is 16.9 Å². The monoisotopic (exact) mass is 523 g/mol. The summed E-state index contributed by atoms with van der Waals surface area (Å²) >= 11 is 0. The van der Waals surface area contributed by atoms with Crippen LogP contribution in [0.2, 0.25) is 0 Å². The number of rotatable bonds is 5. The molecule has 1 spiro atoms. The Morgan fingerprint density at radius 1 is 1.05 bits per heavy atom. The molecule has 2 atom stereocenters. The van der Waals surface area contributed by atoms with Crippen molar-refractivity contribution in [3.05, 3.63) is 83.7 Å². The minimum atomic E-state index is -3.74. The molecule has 1 N–H and O–H groups in total. The van der Waals surface area contributed by atoms with Crippen molar-refractivity contribution in [3.63, 3.8) is 0 Å². The van der Waals surface area contributed by atoms with Crippen molar-refractivity contribution in [2.24, 2.45) is 0 Å². The van der Waals surface area contributed by atoms with Crippen LogP contribution in [0.5, 0.6) is 5.75 Å². The van der Waals surface area contributed by atoms with Crippen molar-refractivity contribution in [2.75, 3.05) is 24.4 Å². The first kappa shape index (κ1) is 25.7. The summed E-state index contributed by atoms with van der Waals surface area (Å²) in [5.41, 5.74) is 3.91. The van der Waals surface area contributed by atoms with Crippen LogP contribution in [-0.2, 0) is 23.2 Å². The topological polar surface area (TPSA) is 64.1 Å². The second-order valence-electron chi connectivity index (χ2n) is 10.4. The van der Waals surface area contributed by atoms with E-state index in [1.165, 1.54) is 26.3 Å². The van der Waals surface area contributed by atoms with Gasteiger partial charge in [0.25, 0.3) is 0 Å². The number of hydrogen-bond acceptors (Lipinski definition) is 4. The fraction of sp³-hybridized carbons (Fsp3) is 0.379. The van der Waals surface area contributed by atoms with Gasteiger partial charge in [0.1, 0.15) is 11.6 Å². The highest BCUT2D eigenvalue weighted by Gasteiger charge is 2.55. The Balaban J connectivity index is 1.40. The smallest absolute Gasteiger partial charge is 0.304 e. The van der Waals surface area contributed by atoms with E-state index in [9.17, 15) is 17.9 Å². The molecule has 5 rings (SSSR count). The molecule has 2 heterocycles. The average Bonchev–Trinajstić information content (AvgIpc) is 3.05. The van der Waals surface area contributed by atoms with Gasteiger partial charge >= 0.3 is 10.2 Å². The summed E-state index contributed by atoms with van der Waals surface area (Å²) < 4.78 is 43.5. The molecule has 196 valence electrons. The predicted octanol–water partition coefficient (Wildman–Crippen LogP) is 5.18. The summed E-state index contributed by atoms with van der Waals surface area (Å²) in [6, 6.07) is 19.9. The van der Waals surface area contributed by atoms with E-state index < -0.39 is 21.6 Å². The predicted molar refractivity (Wildman–Crippen MR) is 145 cm³/mol. The van der Waals surface area contributed by atoms with Gasteiger partial charge in [-0.15, -0.1) is 0 Å². The summed E-state index contributed by atoms with van der Waals surface area (Å²) in [5, 5.41) is 10.6. The van der Waals surface area contributed by atoms with E-state index >= 15 is 0 Å². The zero-order valence-electron chi connectivity index (χ0n) is 21.6. The molecule has 0 bridgehead atoms. The Hall–Kier alpha value is -2.94. The lowest BCUT2D eigenvalue weighted by Gasteiger charge is -2.47. The average molecular weight is 524 g/mol. The molecule has 2 unspecified atom stereocenters. The van der Waals surface area contributed by atoms with E-state index in [2.05, 4.69) is 30.9 Å². The first-order chi connectivity index (χ1) is 17.6. The Kier molecular flexibility index (Phi) is 6.77. The number of piperidine rings is 1. The minimum Gasteiger partial charge on any atom is -0.507 e. The van der Waals surface area contributed by atoms with Crippen LogP contribution < -0.4 is 4.31 Å². The van der Waals surface area contributed by atoms with E-state index in [0.29, 0.717) is 38.2 Å². The lowest BCUT2D eigenvalue weighted by atomic mass is 9.82. The summed E-state index contributed by atoms with van der Waals surface area (Å²) in [7, 11) is -2.14. The van der Waals surface area contributed by atoms with Crippen LogP contribution in [0.4, 0.5) is 10.1 Å². The number of aryl methyl sites for hydroxylation is 1. The summed E-state index contributed by atoms with van der Waals surface area (Å²) in [6.45, 7) is 6.02. The van der Waals surface area contributed by atoms with Gasteiger partial charge in [0.05, 0.1) is 11.2 Å². The first-order valence-corrected chi connectivity index (χ1v) is 14.2. The number of aromatic hydroxyl groups is 1. The normalized spacial score (nSPS) is 24.1. The van der Waals surface area contributed by atoms with Crippen molar-refractivity contribution >= 4 is 15.9 Å². The maximum atomic E-state index is 14.1. The highest BCUT2D eigenvalue weighted by atomic mass is 32.2. The molecule has 0 amide bonds. The zero-order valence-corrected chi connectivity index (χ0v) is 22.4. The number of benzene rings is 3. The molecule has 2 fully saturated rings. The number of nitrogens with zero attached hydrogens (tertiary/aromatic N) is 3. The van der Waals surface area contributed by atoms with Gasteiger partial charge in [-0.05, 0) is 73.2 Å². The highest BCUT2D eigenvalue weighted by molar-refractivity contribution is 7.90. The molecule has 0 saturated carbocycles. The van der Waals surface area contributed by atoms with Crippen molar-refractivity contribution in [1.82, 2.24) is 9.21 Å². The van der Waals surface area contributed by atoms with Crippen LogP contribution in [0.25, 0.3) is 11.1 Å². The van der Waals surface area contributed by atoms with Crippen LogP contribution in [0.15, 0.2) is 66.7 Å². The van der Waals surface area contributed by atoms with E-state index in [4.69, 9.17) is 0 Å². The number of halogens is 1. The van der Waals surface area contributed by atoms with E-state index in [-0.39, 0.29) is 11.8 Å². The molecule has 0 radical (unpaired) electrons. The Labute approximate surface area is 219 Å². The molecule has 3 aromatic rings. The second kappa shape index (κ2) is 9.74. The van der Waals surface area contributed by atoms with Crippen LogP contribution in [0, 0.1) is 5.82 Å². The lowest BCUT2D eigenvalue weighted by molar-refractivity contribution is 0.100. The third-order valence-corrected chi connectivity index (χ3v) is 9.89. The number of phenolic OH excluding ortho intramolecular Hbond substituents is 1. The molecule has 2 aliphatic heterocycles. The van der Waals surface area contributed by atoms with E-state index in [0.717, 1.165) is 23.1 Å². The van der Waals surface area contributed by atoms with Gasteiger partial charge in [-0.2, -0.15) is 12.7 Å². The van der Waals surface area contributed by atoms with Crippen LogP contribution >= 0.6 is 0 Å². The molecule has 0 aromatic heterocycles. The quantitative estimate of drug-likeness (QED) is 0.501. The molecule has 2 aliphatic rings. The Morgan fingerprint density at radius 2 is 1.84 bits per heavy atom. The number of likely N-dealkylation sites (tertiary alicyclic amines) is 1. The number of phenols is 1. The summed E-state index contributed by atoms with van der Waals surface area (Å²) in [4.78, 5) is 2.36. The van der Waals surface area contributed by atoms with Gasteiger partial charge in [0.15, 0.2) is 0 Å². The Morgan fingerprint density at radius 3 is 2.57 bits per heavy atom. The van der Waals surface area contributed by atoms with Crippen LogP contribution in [0.3, 0.4) is 0 Å². The third kappa shape index (κ3) is 4.62. The fourth-order valence-corrected chi connectivity index (χ4v) is 7.87. The SMILES string of the molecule is CCc1ccccc1-c1cc(CN2CCC3(CC2C)CN(C)S(=O)(=O)N3c2cccc(F)c2)ccc1O. The van der Waals surface area contributed by atoms with Gasteiger partial charge < -0.3 is 5.11 Å². The third-order valence-electron chi connectivity index (χ3n) is 7.91. The Bertz CT molecular complexity index is 1410. The number of hydrogen-bond donors (Lipinski definition) is 1. The van der Waals surface area contributed by atoms with Crippen LogP contribution in [0.1, 0.15) is 37.8 Å². The lowest BCUT2D eigenvalue weighted by Crippen LogP contribution is -2.57. The van der Waals surface area contributed by atoms with Crippen molar-refractivity contribution in [2.45, 2.75) is 51.2 Å². The van der Waals surface area contributed by atoms with E-state index in [1.807, 2.05) is 24.3 Å². The van der Waals surface area contributed by atoms with Gasteiger partial charge in [0.2, 0.25) is 0 Å². The van der Waals surface area contributed by atoms with Gasteiger partial charge in [0, 0.05) is 38.3 Å². The van der Waals surface area contributed by atoms with E-state index in [1.54, 1.807) is 25.2 Å². The first-order valence-electron chi connectivity index (χ1n) is 12.8. The molecule has 2 saturated heterocycles. The largest absolute Gasteiger partial charge is 0.507 e. The van der Waals surface area contributed by atoms with Crippen molar-refractivity contribution < 1.29 is 17.9 Å². The molecular formula is C29H34FN3O3S. The number of likely N-dealkylation sites (N-methyl/N-ethyl adjacent to an activating group) is 1. The molecule has 37 heavy (non-hydrogen) atoms. The molecule has 3 aromatic carbocycles. The fourth-order valence-electron chi connectivity index (χ4n) is 6.09. The van der Waals surface area contributed by atoms with Gasteiger partial charge in [-0.3, -0.25) is 9.21 Å². The highest BCUT2D eigenvalue weighted by Crippen LogP contribution is 2.44. The molecular weight excluding hydrogens is 489 g/mol. The van der Waals surface area contributed by atoms with Crippen LogP contribution in [-0.4, -0.2) is 54.4 Å². The maximum Gasteiger partial charge on any atom is 0.304 e. The minimum absolute atomic E-state index is 0.103. The van der Waals surface area contributed by atoms with Gasteiger partial charge in [-0.1, -0.05) is 43.3 Å². The summed E-state index contributed by atoms with van der Waals surface area (Å²) in [6.07, 6.45) is 2.15. The molecule has 8 heteroatoms. The van der Waals surface area contributed by atoms with Crippen molar-refractivity contribution in [1.29, 1.82) is 0 Å². The molecule has 0 aliphatic carbocycles. The number of anilines is 1. The summed E-state index contributed by atoms with van der Waals surface area (Å²) in [5.74, 6) is -0.184. The van der Waals surface area contributed by atoms with Gasteiger partial charge in [-0.25, -0.2) is 4.39 Å². The molecule has 6 nitrogen and oxygen atoms in total.